The van der Waals surface area contributed by atoms with Gasteiger partial charge in [-0.3, -0.25) is 4.79 Å². The van der Waals surface area contributed by atoms with E-state index < -0.39 is 0 Å². The number of carbonyl (C=O) groups excluding carboxylic acids is 1. The molecule has 3 atom stereocenters. The van der Waals surface area contributed by atoms with Crippen molar-refractivity contribution >= 4 is 18.3 Å². The second kappa shape index (κ2) is 9.70. The SMILES string of the molecule is CC(CCOc1ccccc1)C(=O)NC1CCNCC1C.Cl. The molecule has 1 heterocycles. The first kappa shape index (κ1) is 18.8. The number of carbonyl (C=O) groups is 1. The number of hydrogen-bond donors (Lipinski definition) is 2. The highest BCUT2D eigenvalue weighted by Gasteiger charge is 2.24. The van der Waals surface area contributed by atoms with Gasteiger partial charge in [-0.05, 0) is 44.0 Å². The Hall–Kier alpha value is -1.26. The normalized spacial score (nSPS) is 22.3. The maximum atomic E-state index is 12.2. The molecular formula is C17H27ClN2O2. The maximum absolute atomic E-state index is 12.2. The lowest BCUT2D eigenvalue weighted by molar-refractivity contribution is -0.126. The summed E-state index contributed by atoms with van der Waals surface area (Å²) in [4.78, 5) is 12.2. The summed E-state index contributed by atoms with van der Waals surface area (Å²) in [7, 11) is 0. The molecule has 1 saturated heterocycles. The largest absolute Gasteiger partial charge is 0.494 e. The van der Waals surface area contributed by atoms with Crippen molar-refractivity contribution < 1.29 is 9.53 Å². The van der Waals surface area contributed by atoms with Gasteiger partial charge in [0.2, 0.25) is 5.91 Å². The average Bonchev–Trinajstić information content (AvgIpc) is 2.50. The van der Waals surface area contributed by atoms with Gasteiger partial charge in [-0.1, -0.05) is 32.0 Å². The fourth-order valence-corrected chi connectivity index (χ4v) is 2.55. The molecule has 4 nitrogen and oxygen atoms in total. The Bertz CT molecular complexity index is 442. The average molecular weight is 327 g/mol. The van der Waals surface area contributed by atoms with Crippen LogP contribution in [0, 0.1) is 11.8 Å². The van der Waals surface area contributed by atoms with Gasteiger partial charge >= 0.3 is 0 Å². The molecule has 2 rings (SSSR count). The minimum absolute atomic E-state index is 0. The third-order valence-electron chi connectivity index (χ3n) is 4.12. The van der Waals surface area contributed by atoms with Gasteiger partial charge in [-0.2, -0.15) is 0 Å². The summed E-state index contributed by atoms with van der Waals surface area (Å²) in [6.07, 6.45) is 1.75. The molecule has 0 saturated carbocycles. The van der Waals surface area contributed by atoms with E-state index in [-0.39, 0.29) is 24.2 Å². The van der Waals surface area contributed by atoms with Crippen molar-refractivity contribution in [3.63, 3.8) is 0 Å². The summed E-state index contributed by atoms with van der Waals surface area (Å²) in [6.45, 7) is 6.69. The highest BCUT2D eigenvalue weighted by Crippen LogP contribution is 2.13. The molecule has 3 unspecified atom stereocenters. The van der Waals surface area contributed by atoms with Crippen LogP contribution in [0.25, 0.3) is 0 Å². The minimum atomic E-state index is -0.0178. The van der Waals surface area contributed by atoms with Gasteiger partial charge < -0.3 is 15.4 Å². The number of ether oxygens (including phenoxy) is 1. The number of nitrogens with one attached hydrogen (secondary N) is 2. The van der Waals surface area contributed by atoms with Crippen molar-refractivity contribution in [2.75, 3.05) is 19.7 Å². The molecule has 1 amide bonds. The van der Waals surface area contributed by atoms with Crippen LogP contribution in [0.3, 0.4) is 0 Å². The summed E-state index contributed by atoms with van der Waals surface area (Å²) in [5.41, 5.74) is 0. The molecule has 1 aliphatic rings. The summed E-state index contributed by atoms with van der Waals surface area (Å²) in [5.74, 6) is 1.48. The molecule has 1 aromatic carbocycles. The third kappa shape index (κ3) is 5.85. The minimum Gasteiger partial charge on any atom is -0.494 e. The highest BCUT2D eigenvalue weighted by molar-refractivity contribution is 5.85. The van der Waals surface area contributed by atoms with Crippen LogP contribution in [-0.2, 0) is 4.79 Å². The lowest BCUT2D eigenvalue weighted by Crippen LogP contribution is -2.49. The number of hydrogen-bond acceptors (Lipinski definition) is 3. The van der Waals surface area contributed by atoms with Gasteiger partial charge in [-0.25, -0.2) is 0 Å². The van der Waals surface area contributed by atoms with Gasteiger partial charge in [0.05, 0.1) is 6.61 Å². The van der Waals surface area contributed by atoms with Gasteiger partial charge in [0.25, 0.3) is 0 Å². The van der Waals surface area contributed by atoms with Crippen molar-refractivity contribution in [2.45, 2.75) is 32.7 Å². The molecule has 0 aliphatic carbocycles. The first-order valence-corrected chi connectivity index (χ1v) is 7.85. The summed E-state index contributed by atoms with van der Waals surface area (Å²) < 4.78 is 5.65. The second-order valence-corrected chi connectivity index (χ2v) is 5.94. The molecule has 1 aliphatic heterocycles. The van der Waals surface area contributed by atoms with Crippen LogP contribution in [0.1, 0.15) is 26.7 Å². The van der Waals surface area contributed by atoms with E-state index in [0.717, 1.165) is 31.7 Å². The smallest absolute Gasteiger partial charge is 0.223 e. The lowest BCUT2D eigenvalue weighted by atomic mass is 9.94. The van der Waals surface area contributed by atoms with E-state index >= 15 is 0 Å². The molecule has 5 heteroatoms. The lowest BCUT2D eigenvalue weighted by Gasteiger charge is -2.31. The summed E-state index contributed by atoms with van der Waals surface area (Å²) in [6, 6.07) is 10.0. The molecule has 22 heavy (non-hydrogen) atoms. The van der Waals surface area contributed by atoms with Crippen LogP contribution in [0.2, 0.25) is 0 Å². The van der Waals surface area contributed by atoms with E-state index in [1.54, 1.807) is 0 Å². The molecule has 1 aromatic rings. The van der Waals surface area contributed by atoms with Crippen LogP contribution in [0.5, 0.6) is 5.75 Å². The summed E-state index contributed by atoms with van der Waals surface area (Å²) in [5, 5.41) is 6.53. The first-order valence-electron chi connectivity index (χ1n) is 7.85. The Morgan fingerprint density at radius 2 is 2.14 bits per heavy atom. The van der Waals surface area contributed by atoms with Crippen LogP contribution in [0.4, 0.5) is 0 Å². The van der Waals surface area contributed by atoms with Crippen LogP contribution < -0.4 is 15.4 Å². The second-order valence-electron chi connectivity index (χ2n) is 5.94. The number of para-hydroxylation sites is 1. The van der Waals surface area contributed by atoms with E-state index in [1.165, 1.54) is 0 Å². The van der Waals surface area contributed by atoms with Crippen LogP contribution in [0.15, 0.2) is 30.3 Å². The summed E-state index contributed by atoms with van der Waals surface area (Å²) >= 11 is 0. The molecule has 2 N–H and O–H groups in total. The Morgan fingerprint density at radius 1 is 1.41 bits per heavy atom. The van der Waals surface area contributed by atoms with Crippen molar-refractivity contribution in [1.29, 1.82) is 0 Å². The van der Waals surface area contributed by atoms with E-state index in [9.17, 15) is 4.79 Å². The highest BCUT2D eigenvalue weighted by atomic mass is 35.5. The van der Waals surface area contributed by atoms with E-state index in [0.29, 0.717) is 18.6 Å². The van der Waals surface area contributed by atoms with Gasteiger partial charge in [0, 0.05) is 12.0 Å². The topological polar surface area (TPSA) is 50.4 Å². The Labute approximate surface area is 139 Å². The van der Waals surface area contributed by atoms with Crippen molar-refractivity contribution in [3.8, 4) is 5.75 Å². The van der Waals surface area contributed by atoms with Crippen LogP contribution in [-0.4, -0.2) is 31.6 Å². The molecular weight excluding hydrogens is 300 g/mol. The van der Waals surface area contributed by atoms with Crippen molar-refractivity contribution in [1.82, 2.24) is 10.6 Å². The Kier molecular flexibility index (Phi) is 8.28. The van der Waals surface area contributed by atoms with E-state index in [2.05, 4.69) is 17.6 Å². The molecule has 0 aromatic heterocycles. The Morgan fingerprint density at radius 3 is 2.82 bits per heavy atom. The maximum Gasteiger partial charge on any atom is 0.223 e. The quantitative estimate of drug-likeness (QED) is 0.845. The van der Waals surface area contributed by atoms with Crippen LogP contribution >= 0.6 is 12.4 Å². The van der Waals surface area contributed by atoms with E-state index in [4.69, 9.17) is 4.74 Å². The van der Waals surface area contributed by atoms with Gasteiger partial charge in [0.1, 0.15) is 5.75 Å². The fourth-order valence-electron chi connectivity index (χ4n) is 2.55. The fraction of sp³-hybridized carbons (Fsp3) is 0.588. The number of benzene rings is 1. The van der Waals surface area contributed by atoms with Gasteiger partial charge in [-0.15, -0.1) is 12.4 Å². The zero-order valence-corrected chi connectivity index (χ0v) is 14.2. The molecule has 1 fully saturated rings. The number of rotatable bonds is 6. The zero-order valence-electron chi connectivity index (χ0n) is 13.4. The third-order valence-corrected chi connectivity index (χ3v) is 4.12. The van der Waals surface area contributed by atoms with Crippen molar-refractivity contribution in [2.24, 2.45) is 11.8 Å². The molecule has 0 bridgehead atoms. The Balaban J connectivity index is 0.00000242. The zero-order chi connectivity index (χ0) is 15.1. The molecule has 0 radical (unpaired) electrons. The van der Waals surface area contributed by atoms with Gasteiger partial charge in [0.15, 0.2) is 0 Å². The number of piperidine rings is 1. The van der Waals surface area contributed by atoms with E-state index in [1.807, 2.05) is 37.3 Å². The number of halogens is 1. The molecule has 124 valence electrons. The number of amides is 1. The predicted molar refractivity (Wildman–Crippen MR) is 91.5 cm³/mol. The standard InChI is InChI=1S/C17H26N2O2.ClH/c1-13(9-11-21-15-6-4-3-5-7-15)17(20)19-16-8-10-18-12-14(16)2;/h3-7,13-14,16,18H,8-12H2,1-2H3,(H,19,20);1H. The first-order chi connectivity index (χ1) is 10.2. The monoisotopic (exact) mass is 326 g/mol. The van der Waals surface area contributed by atoms with Crippen molar-refractivity contribution in [3.05, 3.63) is 30.3 Å². The molecule has 0 spiro atoms. The predicted octanol–water partition coefficient (Wildman–Crippen LogP) is 2.63.